The van der Waals surface area contributed by atoms with E-state index in [2.05, 4.69) is 10.3 Å². The monoisotopic (exact) mass is 336 g/mol. The minimum Gasteiger partial charge on any atom is -0.451 e. The van der Waals surface area contributed by atoms with Gasteiger partial charge in [-0.05, 0) is 18.2 Å². The Morgan fingerprint density at radius 3 is 2.84 bits per heavy atom. The Bertz CT molecular complexity index is 1080. The van der Waals surface area contributed by atoms with E-state index in [0.717, 1.165) is 16.5 Å². The van der Waals surface area contributed by atoms with Crippen LogP contribution in [0.4, 0.5) is 5.69 Å². The van der Waals surface area contributed by atoms with Gasteiger partial charge in [-0.25, -0.2) is 4.98 Å². The number of rotatable bonds is 4. The van der Waals surface area contributed by atoms with Crippen LogP contribution in [0.15, 0.2) is 51.3 Å². The van der Waals surface area contributed by atoms with Crippen molar-refractivity contribution < 1.29 is 18.4 Å². The van der Waals surface area contributed by atoms with Crippen molar-refractivity contribution >= 4 is 33.7 Å². The molecule has 1 amide bonds. The first-order chi connectivity index (χ1) is 12.2. The lowest BCUT2D eigenvalue weighted by Crippen LogP contribution is -2.13. The Hall–Kier alpha value is -3.12. The van der Waals surface area contributed by atoms with Crippen molar-refractivity contribution in [2.75, 3.05) is 12.4 Å². The van der Waals surface area contributed by atoms with E-state index in [9.17, 15) is 4.79 Å². The maximum absolute atomic E-state index is 12.7. The number of aromatic nitrogens is 1. The van der Waals surface area contributed by atoms with E-state index in [-0.39, 0.29) is 11.7 Å². The number of benzene rings is 2. The lowest BCUT2D eigenvalue weighted by atomic mass is 10.1. The van der Waals surface area contributed by atoms with Crippen LogP contribution in [0, 0.1) is 6.92 Å². The zero-order chi connectivity index (χ0) is 17.4. The van der Waals surface area contributed by atoms with E-state index in [1.165, 1.54) is 0 Å². The van der Waals surface area contributed by atoms with Crippen molar-refractivity contribution in [2.24, 2.45) is 0 Å². The number of carbonyl (C=O) groups excluding carboxylic acids is 1. The molecule has 126 valence electrons. The predicted molar refractivity (Wildman–Crippen MR) is 93.6 cm³/mol. The highest BCUT2D eigenvalue weighted by atomic mass is 16.5. The molecule has 0 saturated carbocycles. The van der Waals surface area contributed by atoms with E-state index < -0.39 is 0 Å². The summed E-state index contributed by atoms with van der Waals surface area (Å²) in [6, 6.07) is 12.8. The van der Waals surface area contributed by atoms with Gasteiger partial charge < -0.3 is 18.9 Å². The SMILES string of the molecule is COCc1c(C(=O)Nc2ccc3nc(C)oc3c2)oc2ccccc12. The van der Waals surface area contributed by atoms with Crippen molar-refractivity contribution in [3.05, 3.63) is 59.7 Å². The van der Waals surface area contributed by atoms with Crippen molar-refractivity contribution in [1.82, 2.24) is 4.98 Å². The van der Waals surface area contributed by atoms with Gasteiger partial charge >= 0.3 is 0 Å². The number of amides is 1. The summed E-state index contributed by atoms with van der Waals surface area (Å²) >= 11 is 0. The van der Waals surface area contributed by atoms with Gasteiger partial charge in [0.25, 0.3) is 5.91 Å². The fourth-order valence-electron chi connectivity index (χ4n) is 2.88. The number of aryl methyl sites for hydroxylation is 1. The van der Waals surface area contributed by atoms with Crippen LogP contribution in [0.3, 0.4) is 0 Å². The van der Waals surface area contributed by atoms with Gasteiger partial charge in [-0.1, -0.05) is 18.2 Å². The number of hydrogen-bond donors (Lipinski definition) is 1. The van der Waals surface area contributed by atoms with E-state index >= 15 is 0 Å². The summed E-state index contributed by atoms with van der Waals surface area (Å²) < 4.78 is 16.5. The molecule has 0 aliphatic rings. The molecule has 0 aliphatic heterocycles. The number of hydrogen-bond acceptors (Lipinski definition) is 5. The molecule has 6 nitrogen and oxygen atoms in total. The minimum absolute atomic E-state index is 0.247. The Morgan fingerprint density at radius 1 is 1.16 bits per heavy atom. The number of fused-ring (bicyclic) bond motifs is 2. The highest BCUT2D eigenvalue weighted by Gasteiger charge is 2.20. The second kappa shape index (κ2) is 6.07. The smallest absolute Gasteiger partial charge is 0.291 e. The molecule has 2 heterocycles. The third kappa shape index (κ3) is 2.77. The first kappa shape index (κ1) is 15.4. The molecule has 4 rings (SSSR count). The second-order valence-corrected chi connectivity index (χ2v) is 5.71. The molecule has 25 heavy (non-hydrogen) atoms. The van der Waals surface area contributed by atoms with Gasteiger partial charge in [-0.2, -0.15) is 0 Å². The largest absolute Gasteiger partial charge is 0.451 e. The number of anilines is 1. The number of methoxy groups -OCH3 is 1. The molecule has 2 aromatic heterocycles. The Balaban J connectivity index is 1.69. The summed E-state index contributed by atoms with van der Waals surface area (Å²) in [6.45, 7) is 2.07. The van der Waals surface area contributed by atoms with Crippen LogP contribution in [-0.2, 0) is 11.3 Å². The van der Waals surface area contributed by atoms with E-state index in [1.54, 1.807) is 32.2 Å². The number of ether oxygens (including phenoxy) is 1. The average molecular weight is 336 g/mol. The summed E-state index contributed by atoms with van der Waals surface area (Å²) in [5, 5.41) is 3.71. The summed E-state index contributed by atoms with van der Waals surface area (Å²) in [5.74, 6) is 0.494. The van der Waals surface area contributed by atoms with Crippen LogP contribution in [0.2, 0.25) is 0 Å². The molecule has 0 radical (unpaired) electrons. The van der Waals surface area contributed by atoms with Crippen LogP contribution in [0.5, 0.6) is 0 Å². The zero-order valence-corrected chi connectivity index (χ0v) is 13.8. The van der Waals surface area contributed by atoms with Crippen molar-refractivity contribution in [2.45, 2.75) is 13.5 Å². The van der Waals surface area contributed by atoms with Crippen molar-refractivity contribution in [1.29, 1.82) is 0 Å². The van der Waals surface area contributed by atoms with Crippen LogP contribution in [-0.4, -0.2) is 18.0 Å². The number of para-hydroxylation sites is 1. The van der Waals surface area contributed by atoms with Gasteiger partial charge in [0, 0.05) is 36.7 Å². The molecule has 0 aliphatic carbocycles. The molecule has 0 saturated heterocycles. The quantitative estimate of drug-likeness (QED) is 0.602. The number of oxazole rings is 1. The van der Waals surface area contributed by atoms with Gasteiger partial charge in [0.2, 0.25) is 0 Å². The van der Waals surface area contributed by atoms with Crippen LogP contribution >= 0.6 is 0 Å². The highest BCUT2D eigenvalue weighted by molar-refractivity contribution is 6.07. The maximum atomic E-state index is 12.7. The molecule has 0 spiro atoms. The third-order valence-electron chi connectivity index (χ3n) is 3.95. The average Bonchev–Trinajstić information content (AvgIpc) is 3.15. The summed E-state index contributed by atoms with van der Waals surface area (Å²) in [6.07, 6.45) is 0. The van der Waals surface area contributed by atoms with E-state index in [1.807, 2.05) is 24.3 Å². The van der Waals surface area contributed by atoms with Gasteiger partial charge in [0.15, 0.2) is 17.2 Å². The van der Waals surface area contributed by atoms with E-state index in [0.29, 0.717) is 29.4 Å². The first-order valence-electron chi connectivity index (χ1n) is 7.83. The molecule has 1 N–H and O–H groups in total. The topological polar surface area (TPSA) is 77.5 Å². The number of nitrogens with one attached hydrogen (secondary N) is 1. The van der Waals surface area contributed by atoms with Crippen LogP contribution < -0.4 is 5.32 Å². The number of nitrogens with zero attached hydrogens (tertiary/aromatic N) is 1. The van der Waals surface area contributed by atoms with Crippen molar-refractivity contribution in [3.8, 4) is 0 Å². The first-order valence-corrected chi connectivity index (χ1v) is 7.83. The number of furan rings is 1. The zero-order valence-electron chi connectivity index (χ0n) is 13.8. The van der Waals surface area contributed by atoms with Gasteiger partial charge in [-0.3, -0.25) is 4.79 Å². The normalized spacial score (nSPS) is 11.3. The molecule has 0 unspecified atom stereocenters. The second-order valence-electron chi connectivity index (χ2n) is 5.71. The van der Waals surface area contributed by atoms with Crippen LogP contribution in [0.25, 0.3) is 22.1 Å². The standard InChI is InChI=1S/C19H16N2O4/c1-11-20-15-8-7-12(9-17(15)24-11)21-19(22)18-14(10-23-2)13-5-3-4-6-16(13)25-18/h3-9H,10H2,1-2H3,(H,21,22). The summed E-state index contributed by atoms with van der Waals surface area (Å²) in [5.41, 5.74) is 3.36. The van der Waals surface area contributed by atoms with Crippen molar-refractivity contribution in [3.63, 3.8) is 0 Å². The lowest BCUT2D eigenvalue weighted by Gasteiger charge is -2.05. The summed E-state index contributed by atoms with van der Waals surface area (Å²) in [4.78, 5) is 17.0. The Labute approximate surface area is 143 Å². The Morgan fingerprint density at radius 2 is 2.00 bits per heavy atom. The molecule has 6 heteroatoms. The van der Waals surface area contributed by atoms with Gasteiger partial charge in [0.05, 0.1) is 6.61 Å². The van der Waals surface area contributed by atoms with Crippen LogP contribution in [0.1, 0.15) is 22.0 Å². The third-order valence-corrected chi connectivity index (χ3v) is 3.95. The van der Waals surface area contributed by atoms with Gasteiger partial charge in [-0.15, -0.1) is 0 Å². The molecular weight excluding hydrogens is 320 g/mol. The molecular formula is C19H16N2O4. The predicted octanol–water partition coefficient (Wildman–Crippen LogP) is 4.28. The number of carbonyl (C=O) groups is 1. The minimum atomic E-state index is -0.334. The molecule has 0 bridgehead atoms. The fraction of sp³-hybridized carbons (Fsp3) is 0.158. The molecule has 0 atom stereocenters. The molecule has 4 aromatic rings. The highest BCUT2D eigenvalue weighted by Crippen LogP contribution is 2.28. The fourth-order valence-corrected chi connectivity index (χ4v) is 2.88. The van der Waals surface area contributed by atoms with Gasteiger partial charge in [0.1, 0.15) is 11.1 Å². The lowest BCUT2D eigenvalue weighted by molar-refractivity contribution is 0.0992. The molecule has 0 fully saturated rings. The molecule has 2 aromatic carbocycles. The Kier molecular flexibility index (Phi) is 3.74. The van der Waals surface area contributed by atoms with E-state index in [4.69, 9.17) is 13.6 Å². The maximum Gasteiger partial charge on any atom is 0.291 e. The summed E-state index contributed by atoms with van der Waals surface area (Å²) in [7, 11) is 1.59.